The third kappa shape index (κ3) is 3.35. The molecule has 4 nitrogen and oxygen atoms in total. The summed E-state index contributed by atoms with van der Waals surface area (Å²) in [6.07, 6.45) is 2.86. The molecule has 0 radical (unpaired) electrons. The summed E-state index contributed by atoms with van der Waals surface area (Å²) in [5.41, 5.74) is 3.30. The lowest BCUT2D eigenvalue weighted by atomic mass is 10.1. The van der Waals surface area contributed by atoms with Crippen LogP contribution in [0.15, 0.2) is 18.2 Å². The van der Waals surface area contributed by atoms with E-state index in [1.807, 2.05) is 18.2 Å². The third-order valence-electron chi connectivity index (χ3n) is 3.61. The van der Waals surface area contributed by atoms with Crippen molar-refractivity contribution in [2.45, 2.75) is 43.6 Å². The number of hydrogen-bond donors (Lipinski definition) is 1. The number of aliphatic carboxylic acids is 1. The quantitative estimate of drug-likeness (QED) is 0.896. The second kappa shape index (κ2) is 5.33. The summed E-state index contributed by atoms with van der Waals surface area (Å²) < 4.78 is 24.1. The molecular formula is C14H18O4S. The Labute approximate surface area is 113 Å². The van der Waals surface area contributed by atoms with Crippen molar-refractivity contribution in [3.63, 3.8) is 0 Å². The summed E-state index contributed by atoms with van der Waals surface area (Å²) in [6.45, 7) is 1.46. The molecule has 0 aliphatic heterocycles. The predicted octanol–water partition coefficient (Wildman–Crippen LogP) is 1.95. The first-order valence-electron chi connectivity index (χ1n) is 6.42. The molecule has 0 aromatic heterocycles. The van der Waals surface area contributed by atoms with Crippen molar-refractivity contribution in [3.05, 3.63) is 34.9 Å². The van der Waals surface area contributed by atoms with Crippen molar-refractivity contribution in [2.75, 3.05) is 0 Å². The van der Waals surface area contributed by atoms with Crippen LogP contribution in [0.25, 0.3) is 0 Å². The molecule has 0 bridgehead atoms. The van der Waals surface area contributed by atoms with Gasteiger partial charge in [0.05, 0.1) is 17.4 Å². The van der Waals surface area contributed by atoms with E-state index in [-0.39, 0.29) is 12.2 Å². The lowest BCUT2D eigenvalue weighted by Crippen LogP contribution is -2.22. The van der Waals surface area contributed by atoms with Crippen LogP contribution in [0.1, 0.15) is 36.5 Å². The largest absolute Gasteiger partial charge is 0.481 e. The molecule has 0 saturated carbocycles. The van der Waals surface area contributed by atoms with Crippen molar-refractivity contribution in [1.82, 2.24) is 0 Å². The van der Waals surface area contributed by atoms with E-state index in [0.717, 1.165) is 24.8 Å². The number of carboxylic acids is 1. The van der Waals surface area contributed by atoms with Gasteiger partial charge in [-0.15, -0.1) is 0 Å². The van der Waals surface area contributed by atoms with Crippen LogP contribution in [0.5, 0.6) is 0 Å². The fourth-order valence-corrected chi connectivity index (χ4v) is 3.79. The number of benzene rings is 1. The maximum Gasteiger partial charge on any atom is 0.304 e. The number of carbonyl (C=O) groups is 1. The Morgan fingerprint density at radius 3 is 2.68 bits per heavy atom. The molecule has 0 amide bonds. The van der Waals surface area contributed by atoms with Gasteiger partial charge in [0, 0.05) is 0 Å². The number of aryl methyl sites for hydroxylation is 2. The van der Waals surface area contributed by atoms with Gasteiger partial charge in [-0.25, -0.2) is 8.42 Å². The van der Waals surface area contributed by atoms with Gasteiger partial charge >= 0.3 is 5.97 Å². The monoisotopic (exact) mass is 282 g/mol. The van der Waals surface area contributed by atoms with Crippen LogP contribution in [0.2, 0.25) is 0 Å². The van der Waals surface area contributed by atoms with E-state index in [9.17, 15) is 13.2 Å². The van der Waals surface area contributed by atoms with Gasteiger partial charge < -0.3 is 5.11 Å². The molecule has 104 valence electrons. The number of rotatable bonds is 5. The lowest BCUT2D eigenvalue weighted by molar-refractivity contribution is -0.136. The molecule has 0 fully saturated rings. The first kappa shape index (κ1) is 14.1. The zero-order chi connectivity index (χ0) is 14.0. The molecule has 0 spiro atoms. The molecule has 1 atom stereocenters. The van der Waals surface area contributed by atoms with Crippen LogP contribution in [0, 0.1) is 0 Å². The van der Waals surface area contributed by atoms with Gasteiger partial charge in [-0.1, -0.05) is 18.2 Å². The van der Waals surface area contributed by atoms with Gasteiger partial charge in [0.25, 0.3) is 0 Å². The topological polar surface area (TPSA) is 71.4 Å². The highest BCUT2D eigenvalue weighted by molar-refractivity contribution is 7.91. The summed E-state index contributed by atoms with van der Waals surface area (Å²) in [6, 6.07) is 5.79. The van der Waals surface area contributed by atoms with Crippen molar-refractivity contribution in [1.29, 1.82) is 0 Å². The van der Waals surface area contributed by atoms with E-state index in [4.69, 9.17) is 5.11 Å². The number of carboxylic acid groups (broad SMARTS) is 1. The van der Waals surface area contributed by atoms with Crippen LogP contribution < -0.4 is 0 Å². The molecular weight excluding hydrogens is 264 g/mol. The molecule has 0 heterocycles. The molecule has 1 aromatic rings. The normalized spacial score (nSPS) is 16.1. The summed E-state index contributed by atoms with van der Waals surface area (Å²) in [5.74, 6) is -1.15. The second-order valence-corrected chi connectivity index (χ2v) is 7.59. The molecule has 1 unspecified atom stereocenters. The Morgan fingerprint density at radius 1 is 1.32 bits per heavy atom. The van der Waals surface area contributed by atoms with Crippen LogP contribution in [0.4, 0.5) is 0 Å². The van der Waals surface area contributed by atoms with E-state index in [2.05, 4.69) is 0 Å². The Morgan fingerprint density at radius 2 is 2.00 bits per heavy atom. The first-order valence-corrected chi connectivity index (χ1v) is 8.14. The Hall–Kier alpha value is -1.36. The Balaban J connectivity index is 2.14. The maximum atomic E-state index is 12.1. The van der Waals surface area contributed by atoms with Gasteiger partial charge in [0.2, 0.25) is 0 Å². The molecule has 2 rings (SSSR count). The minimum atomic E-state index is -3.41. The molecule has 1 aromatic carbocycles. The van der Waals surface area contributed by atoms with Gasteiger partial charge in [0.1, 0.15) is 0 Å². The molecule has 1 aliphatic carbocycles. The second-order valence-electron chi connectivity index (χ2n) is 5.17. The highest BCUT2D eigenvalue weighted by atomic mass is 32.2. The van der Waals surface area contributed by atoms with E-state index in [0.29, 0.717) is 0 Å². The number of fused-ring (bicyclic) bond motifs is 1. The Bertz CT molecular complexity index is 589. The van der Waals surface area contributed by atoms with Crippen LogP contribution in [-0.2, 0) is 33.2 Å². The Kier molecular flexibility index (Phi) is 3.94. The van der Waals surface area contributed by atoms with E-state index < -0.39 is 21.1 Å². The summed E-state index contributed by atoms with van der Waals surface area (Å²) in [4.78, 5) is 10.6. The fourth-order valence-electron chi connectivity index (χ4n) is 2.46. The highest BCUT2D eigenvalue weighted by Crippen LogP contribution is 2.24. The first-order chi connectivity index (χ1) is 8.88. The molecule has 5 heteroatoms. The minimum Gasteiger partial charge on any atom is -0.481 e. The summed E-state index contributed by atoms with van der Waals surface area (Å²) >= 11 is 0. The minimum absolute atomic E-state index is 0.0747. The van der Waals surface area contributed by atoms with Crippen molar-refractivity contribution < 1.29 is 18.3 Å². The summed E-state index contributed by atoms with van der Waals surface area (Å²) in [5, 5.41) is 7.83. The standard InChI is InChI=1S/C14H18O4S/c1-10(7-14(15)16)19(17,18)9-11-5-6-12-3-2-4-13(12)8-11/h5-6,8,10H,2-4,7,9H2,1H3,(H,15,16). The van der Waals surface area contributed by atoms with Crippen molar-refractivity contribution in [3.8, 4) is 0 Å². The van der Waals surface area contributed by atoms with E-state index in [1.54, 1.807) is 0 Å². The predicted molar refractivity (Wildman–Crippen MR) is 72.8 cm³/mol. The van der Waals surface area contributed by atoms with Gasteiger partial charge in [-0.2, -0.15) is 0 Å². The van der Waals surface area contributed by atoms with Crippen LogP contribution >= 0.6 is 0 Å². The molecule has 1 aliphatic rings. The lowest BCUT2D eigenvalue weighted by Gasteiger charge is -2.11. The van der Waals surface area contributed by atoms with Crippen LogP contribution in [-0.4, -0.2) is 24.7 Å². The van der Waals surface area contributed by atoms with Crippen molar-refractivity contribution in [2.24, 2.45) is 0 Å². The van der Waals surface area contributed by atoms with Gasteiger partial charge in [-0.05, 0) is 42.9 Å². The number of sulfone groups is 1. The molecule has 1 N–H and O–H groups in total. The SMILES string of the molecule is CC(CC(=O)O)S(=O)(=O)Cc1ccc2c(c1)CCC2. The average molecular weight is 282 g/mol. The third-order valence-corrected chi connectivity index (χ3v) is 5.73. The van der Waals surface area contributed by atoms with E-state index in [1.165, 1.54) is 18.1 Å². The molecule has 0 saturated heterocycles. The fraction of sp³-hybridized carbons (Fsp3) is 0.500. The van der Waals surface area contributed by atoms with Crippen LogP contribution in [0.3, 0.4) is 0 Å². The zero-order valence-corrected chi connectivity index (χ0v) is 11.7. The summed E-state index contributed by atoms with van der Waals surface area (Å²) in [7, 11) is -3.41. The van der Waals surface area contributed by atoms with Crippen molar-refractivity contribution >= 4 is 15.8 Å². The number of hydrogen-bond acceptors (Lipinski definition) is 3. The van der Waals surface area contributed by atoms with Gasteiger partial charge in [-0.3, -0.25) is 4.79 Å². The highest BCUT2D eigenvalue weighted by Gasteiger charge is 2.24. The average Bonchev–Trinajstić information content (AvgIpc) is 2.74. The smallest absolute Gasteiger partial charge is 0.304 e. The maximum absolute atomic E-state index is 12.1. The zero-order valence-electron chi connectivity index (χ0n) is 10.9. The van der Waals surface area contributed by atoms with Gasteiger partial charge in [0.15, 0.2) is 9.84 Å². The van der Waals surface area contributed by atoms with E-state index >= 15 is 0 Å². The molecule has 19 heavy (non-hydrogen) atoms.